The van der Waals surface area contributed by atoms with Crippen molar-refractivity contribution in [3.63, 3.8) is 0 Å². The van der Waals surface area contributed by atoms with Crippen LogP contribution in [0, 0.1) is 19.3 Å². The molecule has 3 aromatic rings. The van der Waals surface area contributed by atoms with E-state index in [0.29, 0.717) is 23.7 Å². The molecule has 3 rings (SSSR count). The predicted molar refractivity (Wildman–Crippen MR) is 107 cm³/mol. The van der Waals surface area contributed by atoms with Gasteiger partial charge in [-0.25, -0.2) is 0 Å². The molecule has 5 nitrogen and oxygen atoms in total. The van der Waals surface area contributed by atoms with Crippen molar-refractivity contribution in [3.05, 3.63) is 52.8 Å². The van der Waals surface area contributed by atoms with Gasteiger partial charge < -0.3 is 14.0 Å². The molecule has 0 aliphatic carbocycles. The molecule has 0 unspecified atom stereocenters. The van der Waals surface area contributed by atoms with Crippen LogP contribution in [-0.4, -0.2) is 23.7 Å². The van der Waals surface area contributed by atoms with Crippen molar-refractivity contribution in [3.8, 4) is 23.8 Å². The van der Waals surface area contributed by atoms with Gasteiger partial charge >= 0.3 is 0 Å². The van der Waals surface area contributed by atoms with Crippen molar-refractivity contribution < 1.29 is 14.3 Å². The smallest absolute Gasteiger partial charge is 0.286 e. The highest BCUT2D eigenvalue weighted by atomic mass is 32.1. The van der Waals surface area contributed by atoms with Crippen LogP contribution < -0.4 is 14.3 Å². The topological polar surface area (TPSA) is 52.8 Å². The Bertz CT molecular complexity index is 1070. The number of aromatic nitrogens is 1. The van der Waals surface area contributed by atoms with Gasteiger partial charge in [-0.15, -0.1) is 6.42 Å². The SMILES string of the molecule is C#CCn1c(=NC(=O)COc2ccccc2C)sc2cc(OCC)ccc21. The van der Waals surface area contributed by atoms with Gasteiger partial charge in [-0.2, -0.15) is 4.99 Å². The highest BCUT2D eigenvalue weighted by Crippen LogP contribution is 2.23. The van der Waals surface area contributed by atoms with Crippen molar-refractivity contribution in [2.75, 3.05) is 13.2 Å². The summed E-state index contributed by atoms with van der Waals surface area (Å²) in [5, 5.41) is 0. The van der Waals surface area contributed by atoms with E-state index in [2.05, 4.69) is 10.9 Å². The second-order valence-corrected chi connectivity index (χ2v) is 6.81. The molecule has 0 bridgehead atoms. The molecule has 0 radical (unpaired) electrons. The Balaban J connectivity index is 1.89. The zero-order chi connectivity index (χ0) is 19.2. The maximum Gasteiger partial charge on any atom is 0.286 e. The van der Waals surface area contributed by atoms with E-state index in [4.69, 9.17) is 15.9 Å². The summed E-state index contributed by atoms with van der Waals surface area (Å²) < 4.78 is 13.9. The average molecular weight is 380 g/mol. The van der Waals surface area contributed by atoms with E-state index in [1.54, 1.807) is 0 Å². The number of aryl methyl sites for hydroxylation is 1. The quantitative estimate of drug-likeness (QED) is 0.615. The Hall–Kier alpha value is -3.04. The van der Waals surface area contributed by atoms with Crippen LogP contribution in [0.4, 0.5) is 0 Å². The Morgan fingerprint density at radius 2 is 2.07 bits per heavy atom. The number of carbonyl (C=O) groups is 1. The second-order valence-electron chi connectivity index (χ2n) is 5.80. The first-order valence-corrected chi connectivity index (χ1v) is 9.39. The number of para-hydroxylation sites is 1. The summed E-state index contributed by atoms with van der Waals surface area (Å²) in [4.78, 5) is 17.1. The molecule has 0 saturated carbocycles. The Morgan fingerprint density at radius 1 is 1.26 bits per heavy atom. The van der Waals surface area contributed by atoms with Gasteiger partial charge in [0.1, 0.15) is 11.5 Å². The molecule has 1 aromatic heterocycles. The van der Waals surface area contributed by atoms with E-state index >= 15 is 0 Å². The molecule has 0 aliphatic rings. The van der Waals surface area contributed by atoms with Gasteiger partial charge in [0.15, 0.2) is 11.4 Å². The summed E-state index contributed by atoms with van der Waals surface area (Å²) in [6, 6.07) is 13.3. The zero-order valence-corrected chi connectivity index (χ0v) is 16.1. The minimum Gasteiger partial charge on any atom is -0.494 e. The molecule has 1 amide bonds. The fraction of sp³-hybridized carbons (Fsp3) is 0.238. The van der Waals surface area contributed by atoms with Gasteiger partial charge in [-0.3, -0.25) is 4.79 Å². The molecule has 0 saturated heterocycles. The summed E-state index contributed by atoms with van der Waals surface area (Å²) in [7, 11) is 0. The molecule has 0 aliphatic heterocycles. The van der Waals surface area contributed by atoms with E-state index in [9.17, 15) is 4.79 Å². The van der Waals surface area contributed by atoms with Crippen LogP contribution in [0.5, 0.6) is 11.5 Å². The number of ether oxygens (including phenoxy) is 2. The van der Waals surface area contributed by atoms with Gasteiger partial charge in [0, 0.05) is 0 Å². The fourth-order valence-corrected chi connectivity index (χ4v) is 3.71. The van der Waals surface area contributed by atoms with Gasteiger partial charge in [0.2, 0.25) is 0 Å². The molecule has 138 valence electrons. The van der Waals surface area contributed by atoms with Crippen LogP contribution in [0.3, 0.4) is 0 Å². The van der Waals surface area contributed by atoms with E-state index < -0.39 is 0 Å². The van der Waals surface area contributed by atoms with Gasteiger partial charge in [0.25, 0.3) is 5.91 Å². The highest BCUT2D eigenvalue weighted by Gasteiger charge is 2.09. The maximum absolute atomic E-state index is 12.3. The van der Waals surface area contributed by atoms with Crippen LogP contribution in [-0.2, 0) is 11.3 Å². The lowest BCUT2D eigenvalue weighted by Crippen LogP contribution is -2.19. The van der Waals surface area contributed by atoms with E-state index in [-0.39, 0.29) is 12.5 Å². The summed E-state index contributed by atoms with van der Waals surface area (Å²) in [6.07, 6.45) is 5.50. The number of carbonyl (C=O) groups excluding carboxylic acids is 1. The summed E-state index contributed by atoms with van der Waals surface area (Å²) in [5.74, 6) is 3.71. The largest absolute Gasteiger partial charge is 0.494 e. The second kappa shape index (κ2) is 8.56. The third kappa shape index (κ3) is 4.39. The first-order valence-electron chi connectivity index (χ1n) is 8.58. The molecule has 0 spiro atoms. The van der Waals surface area contributed by atoms with Crippen molar-refractivity contribution in [2.24, 2.45) is 4.99 Å². The summed E-state index contributed by atoms with van der Waals surface area (Å²) in [5.41, 5.74) is 1.89. The van der Waals surface area contributed by atoms with E-state index in [0.717, 1.165) is 21.5 Å². The van der Waals surface area contributed by atoms with Gasteiger partial charge in [-0.05, 0) is 43.7 Å². The molecule has 1 heterocycles. The fourth-order valence-electron chi connectivity index (χ4n) is 2.64. The number of amides is 1. The van der Waals surface area contributed by atoms with E-state index in [1.165, 1.54) is 11.3 Å². The normalized spacial score (nSPS) is 11.4. The zero-order valence-electron chi connectivity index (χ0n) is 15.3. The Kier molecular flexibility index (Phi) is 5.94. The first kappa shape index (κ1) is 18.7. The number of rotatable bonds is 6. The lowest BCUT2D eigenvalue weighted by molar-refractivity contribution is -0.120. The summed E-state index contributed by atoms with van der Waals surface area (Å²) >= 11 is 1.40. The Morgan fingerprint density at radius 3 is 2.81 bits per heavy atom. The van der Waals surface area contributed by atoms with Crippen molar-refractivity contribution in [2.45, 2.75) is 20.4 Å². The molecular formula is C21H20N2O3S. The summed E-state index contributed by atoms with van der Waals surface area (Å²) in [6.45, 7) is 4.66. The number of hydrogen-bond donors (Lipinski definition) is 0. The van der Waals surface area contributed by atoms with Crippen molar-refractivity contribution in [1.82, 2.24) is 4.57 Å². The molecule has 6 heteroatoms. The molecule has 27 heavy (non-hydrogen) atoms. The number of terminal acetylenes is 1. The van der Waals surface area contributed by atoms with E-state index in [1.807, 2.05) is 60.9 Å². The van der Waals surface area contributed by atoms with Crippen LogP contribution in [0.15, 0.2) is 47.5 Å². The van der Waals surface area contributed by atoms with Crippen LogP contribution >= 0.6 is 11.3 Å². The van der Waals surface area contributed by atoms with Gasteiger partial charge in [0.05, 0.1) is 23.4 Å². The van der Waals surface area contributed by atoms with Crippen LogP contribution in [0.25, 0.3) is 10.2 Å². The minimum absolute atomic E-state index is 0.126. The third-order valence-corrected chi connectivity index (χ3v) is 4.92. The third-order valence-electron chi connectivity index (χ3n) is 3.88. The number of benzene rings is 2. The lowest BCUT2D eigenvalue weighted by atomic mass is 10.2. The Labute approximate surface area is 161 Å². The number of thiazole rings is 1. The average Bonchev–Trinajstić information content (AvgIpc) is 2.98. The minimum atomic E-state index is -0.361. The molecular weight excluding hydrogens is 360 g/mol. The standard InChI is InChI=1S/C21H20N2O3S/c1-4-12-23-17-11-10-16(25-5-2)13-19(17)27-21(23)22-20(24)14-26-18-9-7-6-8-15(18)3/h1,6-11,13H,5,12,14H2,2-3H3. The van der Waals surface area contributed by atoms with Crippen LogP contribution in [0.2, 0.25) is 0 Å². The molecule has 2 aromatic carbocycles. The monoisotopic (exact) mass is 380 g/mol. The number of hydrogen-bond acceptors (Lipinski definition) is 4. The number of fused-ring (bicyclic) bond motifs is 1. The highest BCUT2D eigenvalue weighted by molar-refractivity contribution is 7.16. The number of nitrogens with zero attached hydrogens (tertiary/aromatic N) is 2. The van der Waals surface area contributed by atoms with Gasteiger partial charge in [-0.1, -0.05) is 35.5 Å². The van der Waals surface area contributed by atoms with Crippen LogP contribution in [0.1, 0.15) is 12.5 Å². The lowest BCUT2D eigenvalue weighted by Gasteiger charge is -2.06. The van der Waals surface area contributed by atoms with Crippen molar-refractivity contribution >= 4 is 27.5 Å². The molecule has 0 atom stereocenters. The predicted octanol–water partition coefficient (Wildman–Crippen LogP) is 3.55. The molecule has 0 N–H and O–H groups in total. The van der Waals surface area contributed by atoms with Crippen molar-refractivity contribution in [1.29, 1.82) is 0 Å². The molecule has 0 fully saturated rings. The first-order chi connectivity index (χ1) is 13.1. The maximum atomic E-state index is 12.3.